The standard InChI is InChI=1S/C15H31N3OS/c1-7-20-13-9-8-12(10-13)18(6)14(19)16-11-15(2,3)17(4)5/h12-13H,7-11H2,1-6H3,(H,16,19)/t12-,13-/m0/s1. The number of amides is 2. The van der Waals surface area contributed by atoms with Crippen LogP contribution >= 0.6 is 11.8 Å². The van der Waals surface area contributed by atoms with E-state index < -0.39 is 0 Å². The molecule has 1 aliphatic rings. The van der Waals surface area contributed by atoms with Gasteiger partial charge >= 0.3 is 6.03 Å². The van der Waals surface area contributed by atoms with Gasteiger partial charge in [-0.25, -0.2) is 4.79 Å². The lowest BCUT2D eigenvalue weighted by Crippen LogP contribution is -2.51. The van der Waals surface area contributed by atoms with Crippen molar-refractivity contribution in [3.8, 4) is 0 Å². The van der Waals surface area contributed by atoms with Crippen LogP contribution in [0.1, 0.15) is 40.0 Å². The molecule has 0 aliphatic heterocycles. The third-order valence-electron chi connectivity index (χ3n) is 4.51. The van der Waals surface area contributed by atoms with Crippen molar-refractivity contribution in [2.24, 2.45) is 0 Å². The summed E-state index contributed by atoms with van der Waals surface area (Å²) in [4.78, 5) is 16.3. The van der Waals surface area contributed by atoms with Gasteiger partial charge in [0, 0.05) is 30.4 Å². The van der Waals surface area contributed by atoms with Crippen LogP contribution in [0.15, 0.2) is 0 Å². The molecule has 2 amide bonds. The molecule has 1 N–H and O–H groups in total. The Hall–Kier alpha value is -0.420. The fourth-order valence-electron chi connectivity index (χ4n) is 2.40. The molecule has 20 heavy (non-hydrogen) atoms. The third kappa shape index (κ3) is 4.85. The highest BCUT2D eigenvalue weighted by molar-refractivity contribution is 7.99. The van der Waals surface area contributed by atoms with E-state index in [2.05, 4.69) is 31.0 Å². The van der Waals surface area contributed by atoms with Crippen molar-refractivity contribution >= 4 is 17.8 Å². The lowest BCUT2D eigenvalue weighted by atomic mass is 10.0. The second-order valence-electron chi connectivity index (χ2n) is 6.52. The molecule has 1 aliphatic carbocycles. The van der Waals surface area contributed by atoms with Crippen LogP contribution in [0.4, 0.5) is 4.79 Å². The highest BCUT2D eigenvalue weighted by atomic mass is 32.2. The first-order valence-electron chi connectivity index (χ1n) is 7.57. The molecular weight excluding hydrogens is 270 g/mol. The molecule has 118 valence electrons. The number of urea groups is 1. The minimum Gasteiger partial charge on any atom is -0.336 e. The molecule has 1 saturated carbocycles. The lowest BCUT2D eigenvalue weighted by Gasteiger charge is -2.34. The van der Waals surface area contributed by atoms with E-state index in [0.29, 0.717) is 12.6 Å². The minimum atomic E-state index is -0.0211. The van der Waals surface area contributed by atoms with Crippen molar-refractivity contribution in [3.63, 3.8) is 0 Å². The quantitative estimate of drug-likeness (QED) is 0.819. The van der Waals surface area contributed by atoms with Gasteiger partial charge in [-0.15, -0.1) is 0 Å². The zero-order valence-electron chi connectivity index (χ0n) is 13.9. The zero-order chi connectivity index (χ0) is 15.3. The number of hydrogen-bond donors (Lipinski definition) is 1. The molecule has 1 rings (SSSR count). The van der Waals surface area contributed by atoms with E-state index in [1.165, 1.54) is 12.2 Å². The molecule has 1 fully saturated rings. The van der Waals surface area contributed by atoms with Crippen LogP contribution in [0.3, 0.4) is 0 Å². The largest absolute Gasteiger partial charge is 0.336 e. The van der Waals surface area contributed by atoms with Gasteiger partial charge in [-0.3, -0.25) is 0 Å². The number of carbonyl (C=O) groups is 1. The number of likely N-dealkylation sites (N-methyl/N-ethyl adjacent to an activating group) is 1. The Morgan fingerprint density at radius 2 is 1.95 bits per heavy atom. The molecule has 0 aromatic rings. The van der Waals surface area contributed by atoms with Crippen molar-refractivity contribution in [1.29, 1.82) is 0 Å². The first kappa shape index (κ1) is 17.6. The first-order chi connectivity index (χ1) is 9.27. The maximum atomic E-state index is 12.3. The van der Waals surface area contributed by atoms with Gasteiger partial charge in [-0.1, -0.05) is 6.92 Å². The van der Waals surface area contributed by atoms with Crippen molar-refractivity contribution in [3.05, 3.63) is 0 Å². The molecule has 0 aromatic heterocycles. The third-order valence-corrected chi connectivity index (χ3v) is 5.74. The van der Waals surface area contributed by atoms with Gasteiger partial charge in [-0.2, -0.15) is 11.8 Å². The summed E-state index contributed by atoms with van der Waals surface area (Å²) in [6.45, 7) is 7.15. The van der Waals surface area contributed by atoms with E-state index in [9.17, 15) is 4.79 Å². The number of hydrogen-bond acceptors (Lipinski definition) is 3. The topological polar surface area (TPSA) is 35.6 Å². The average molecular weight is 302 g/mol. The van der Waals surface area contributed by atoms with E-state index in [4.69, 9.17) is 0 Å². The highest BCUT2D eigenvalue weighted by Crippen LogP contribution is 2.32. The van der Waals surface area contributed by atoms with Crippen LogP contribution in [0.5, 0.6) is 0 Å². The predicted molar refractivity (Wildman–Crippen MR) is 88.5 cm³/mol. The Labute approximate surface area is 128 Å². The van der Waals surface area contributed by atoms with Crippen molar-refractivity contribution < 1.29 is 4.79 Å². The Morgan fingerprint density at radius 3 is 2.50 bits per heavy atom. The van der Waals surface area contributed by atoms with Gasteiger partial charge in [-0.05, 0) is 53.0 Å². The molecule has 5 heteroatoms. The molecule has 0 unspecified atom stereocenters. The molecule has 4 nitrogen and oxygen atoms in total. The second-order valence-corrected chi connectivity index (χ2v) is 8.10. The van der Waals surface area contributed by atoms with Crippen LogP contribution in [0.2, 0.25) is 0 Å². The summed E-state index contributed by atoms with van der Waals surface area (Å²) in [5.41, 5.74) is -0.0211. The smallest absolute Gasteiger partial charge is 0.317 e. The zero-order valence-corrected chi connectivity index (χ0v) is 14.7. The molecule has 0 spiro atoms. The fraction of sp³-hybridized carbons (Fsp3) is 0.933. The van der Waals surface area contributed by atoms with Gasteiger partial charge in [0.15, 0.2) is 0 Å². The van der Waals surface area contributed by atoms with Crippen molar-refractivity contribution in [1.82, 2.24) is 15.1 Å². The molecule has 0 heterocycles. The summed E-state index contributed by atoms with van der Waals surface area (Å²) in [7, 11) is 6.01. The summed E-state index contributed by atoms with van der Waals surface area (Å²) >= 11 is 2.03. The summed E-state index contributed by atoms with van der Waals surface area (Å²) in [5, 5.41) is 3.80. The molecule has 0 aromatic carbocycles. The SMILES string of the molecule is CCS[C@H]1CC[C@H](N(C)C(=O)NCC(C)(C)N(C)C)C1. The van der Waals surface area contributed by atoms with Crippen molar-refractivity contribution in [2.75, 3.05) is 33.4 Å². The van der Waals surface area contributed by atoms with E-state index in [0.717, 1.165) is 18.1 Å². The van der Waals surface area contributed by atoms with E-state index >= 15 is 0 Å². The van der Waals surface area contributed by atoms with Gasteiger partial charge < -0.3 is 15.1 Å². The Kier molecular flexibility index (Phi) is 6.65. The first-order valence-corrected chi connectivity index (χ1v) is 8.62. The Morgan fingerprint density at radius 1 is 1.30 bits per heavy atom. The van der Waals surface area contributed by atoms with E-state index in [1.807, 2.05) is 37.8 Å². The molecular formula is C15H31N3OS. The number of nitrogens with zero attached hydrogens (tertiary/aromatic N) is 2. The average Bonchev–Trinajstić information content (AvgIpc) is 2.84. The maximum absolute atomic E-state index is 12.3. The molecule has 0 saturated heterocycles. The van der Waals surface area contributed by atoms with Crippen LogP contribution in [0, 0.1) is 0 Å². The number of nitrogens with one attached hydrogen (secondary N) is 1. The number of rotatable bonds is 6. The number of carbonyl (C=O) groups excluding carboxylic acids is 1. The van der Waals surface area contributed by atoms with Crippen molar-refractivity contribution in [2.45, 2.75) is 56.9 Å². The molecule has 0 radical (unpaired) electrons. The fourth-order valence-corrected chi connectivity index (χ4v) is 3.53. The molecule has 0 bridgehead atoms. The maximum Gasteiger partial charge on any atom is 0.317 e. The minimum absolute atomic E-state index is 0.0211. The van der Waals surface area contributed by atoms with E-state index in [1.54, 1.807) is 0 Å². The van der Waals surface area contributed by atoms with Crippen LogP contribution in [-0.2, 0) is 0 Å². The summed E-state index contributed by atoms with van der Waals surface area (Å²) < 4.78 is 0. The highest BCUT2D eigenvalue weighted by Gasteiger charge is 2.30. The van der Waals surface area contributed by atoms with Crippen LogP contribution < -0.4 is 5.32 Å². The number of thioether (sulfide) groups is 1. The lowest BCUT2D eigenvalue weighted by molar-refractivity contribution is 0.166. The van der Waals surface area contributed by atoms with Crippen LogP contribution in [-0.4, -0.2) is 66.1 Å². The van der Waals surface area contributed by atoms with Gasteiger partial charge in [0.05, 0.1) is 0 Å². The summed E-state index contributed by atoms with van der Waals surface area (Å²) in [6.07, 6.45) is 3.52. The summed E-state index contributed by atoms with van der Waals surface area (Å²) in [6, 6.07) is 0.466. The summed E-state index contributed by atoms with van der Waals surface area (Å²) in [5.74, 6) is 1.17. The van der Waals surface area contributed by atoms with Gasteiger partial charge in [0.25, 0.3) is 0 Å². The monoisotopic (exact) mass is 301 g/mol. The predicted octanol–water partition coefficient (Wildman–Crippen LogP) is 2.64. The van der Waals surface area contributed by atoms with Gasteiger partial charge in [0.2, 0.25) is 0 Å². The molecule has 2 atom stereocenters. The normalized spacial score (nSPS) is 23.1. The Bertz CT molecular complexity index is 320. The van der Waals surface area contributed by atoms with E-state index in [-0.39, 0.29) is 11.6 Å². The van der Waals surface area contributed by atoms with Gasteiger partial charge in [0.1, 0.15) is 0 Å². The second kappa shape index (κ2) is 7.55. The van der Waals surface area contributed by atoms with Crippen LogP contribution in [0.25, 0.3) is 0 Å². The Balaban J connectivity index is 2.40.